The van der Waals surface area contributed by atoms with Crippen LogP contribution in [0, 0.1) is 0 Å². The number of aromatic hydroxyl groups is 1. The van der Waals surface area contributed by atoms with Crippen molar-refractivity contribution in [2.75, 3.05) is 19.0 Å². The SMILES string of the molecule is CNC(=O)c1cc2cc(O)c(-c3ccc(N(C)C4C[C@H]5CCC[C@H](C4)N5)nn3)cc2o1. The summed E-state index contributed by atoms with van der Waals surface area (Å²) in [4.78, 5) is 14.1. The summed E-state index contributed by atoms with van der Waals surface area (Å²) in [5, 5.41) is 26.2. The average molecular weight is 422 g/mol. The summed E-state index contributed by atoms with van der Waals surface area (Å²) < 4.78 is 5.63. The third kappa shape index (κ3) is 3.72. The predicted molar refractivity (Wildman–Crippen MR) is 118 cm³/mol. The largest absolute Gasteiger partial charge is 0.507 e. The fourth-order valence-corrected chi connectivity index (χ4v) is 4.91. The van der Waals surface area contributed by atoms with Crippen LogP contribution >= 0.6 is 0 Å². The van der Waals surface area contributed by atoms with Gasteiger partial charge in [-0.05, 0) is 56.0 Å². The third-order valence-corrected chi connectivity index (χ3v) is 6.61. The smallest absolute Gasteiger partial charge is 0.286 e. The standard InChI is InChI=1S/C23H27N5O3/c1-24-23(30)21-9-13-8-19(29)17(12-20(13)31-21)18-6-7-22(27-26-18)28(2)16-10-14-4-3-5-15(11-16)25-14/h6-9,12,14-16,25,29H,3-5,10-11H2,1-2H3,(H,24,30)/t14-,15-/m1/s1. The number of piperidine rings is 2. The molecule has 3 aromatic rings. The Labute approximate surface area is 180 Å². The van der Waals surface area contributed by atoms with Crippen molar-refractivity contribution in [1.29, 1.82) is 0 Å². The third-order valence-electron chi connectivity index (χ3n) is 6.61. The van der Waals surface area contributed by atoms with Crippen LogP contribution in [0.3, 0.4) is 0 Å². The molecule has 5 rings (SSSR count). The van der Waals surface area contributed by atoms with Crippen LogP contribution < -0.4 is 15.5 Å². The van der Waals surface area contributed by atoms with Crippen LogP contribution in [-0.2, 0) is 0 Å². The van der Waals surface area contributed by atoms with Crippen molar-refractivity contribution in [3.05, 3.63) is 36.1 Å². The Morgan fingerprint density at radius 3 is 2.65 bits per heavy atom. The molecule has 0 aliphatic carbocycles. The molecule has 2 fully saturated rings. The van der Waals surface area contributed by atoms with Crippen LogP contribution in [0.4, 0.5) is 5.82 Å². The number of nitrogens with one attached hydrogen (secondary N) is 2. The molecule has 0 unspecified atom stereocenters. The van der Waals surface area contributed by atoms with Crippen molar-refractivity contribution >= 4 is 22.7 Å². The highest BCUT2D eigenvalue weighted by atomic mass is 16.3. The highest BCUT2D eigenvalue weighted by Gasteiger charge is 2.33. The molecular weight excluding hydrogens is 394 g/mol. The first kappa shape index (κ1) is 19.8. The molecule has 2 bridgehead atoms. The monoisotopic (exact) mass is 421 g/mol. The summed E-state index contributed by atoms with van der Waals surface area (Å²) in [6.07, 6.45) is 6.07. The first-order chi connectivity index (χ1) is 15.0. The molecule has 0 saturated carbocycles. The van der Waals surface area contributed by atoms with Gasteiger partial charge in [-0.25, -0.2) is 0 Å². The maximum absolute atomic E-state index is 11.8. The van der Waals surface area contributed by atoms with Crippen molar-refractivity contribution in [1.82, 2.24) is 20.8 Å². The molecule has 3 N–H and O–H groups in total. The summed E-state index contributed by atoms with van der Waals surface area (Å²) in [6.45, 7) is 0. The second-order valence-electron chi connectivity index (χ2n) is 8.60. The van der Waals surface area contributed by atoms with E-state index in [9.17, 15) is 9.90 Å². The molecule has 0 radical (unpaired) electrons. The molecule has 2 aliphatic rings. The lowest BCUT2D eigenvalue weighted by molar-refractivity contribution is 0.0938. The summed E-state index contributed by atoms with van der Waals surface area (Å²) in [5.41, 5.74) is 1.58. The van der Waals surface area contributed by atoms with Gasteiger partial charge < -0.3 is 25.1 Å². The first-order valence-electron chi connectivity index (χ1n) is 10.8. The molecule has 1 aromatic carbocycles. The number of nitrogens with zero attached hydrogens (tertiary/aromatic N) is 3. The summed E-state index contributed by atoms with van der Waals surface area (Å²) >= 11 is 0. The molecule has 162 valence electrons. The topological polar surface area (TPSA) is 104 Å². The van der Waals surface area contributed by atoms with E-state index in [1.54, 1.807) is 25.2 Å². The lowest BCUT2D eigenvalue weighted by Gasteiger charge is -2.43. The Balaban J connectivity index is 1.38. The first-order valence-corrected chi connectivity index (χ1v) is 10.8. The molecule has 31 heavy (non-hydrogen) atoms. The Morgan fingerprint density at radius 1 is 1.19 bits per heavy atom. The van der Waals surface area contributed by atoms with Crippen molar-refractivity contribution in [2.24, 2.45) is 0 Å². The Morgan fingerprint density at radius 2 is 1.97 bits per heavy atom. The quantitative estimate of drug-likeness (QED) is 0.595. The molecular formula is C23H27N5O3. The molecule has 8 nitrogen and oxygen atoms in total. The number of rotatable bonds is 4. The van der Waals surface area contributed by atoms with Crippen LogP contribution in [0.1, 0.15) is 42.7 Å². The van der Waals surface area contributed by atoms with Crippen molar-refractivity contribution in [3.8, 4) is 17.0 Å². The number of carbonyl (C=O) groups is 1. The zero-order valence-corrected chi connectivity index (χ0v) is 17.8. The molecule has 2 saturated heterocycles. The minimum atomic E-state index is -0.313. The van der Waals surface area contributed by atoms with Gasteiger partial charge in [-0.1, -0.05) is 6.42 Å². The Hall–Kier alpha value is -3.13. The van der Waals surface area contributed by atoms with Gasteiger partial charge in [-0.3, -0.25) is 4.79 Å². The minimum Gasteiger partial charge on any atom is -0.507 e. The normalized spacial score (nSPS) is 23.0. The number of phenolic OH excluding ortho intramolecular Hbond substituents is 1. The van der Waals surface area contributed by atoms with Crippen molar-refractivity contribution in [2.45, 2.75) is 50.2 Å². The van der Waals surface area contributed by atoms with E-state index in [1.807, 2.05) is 12.1 Å². The molecule has 2 aliphatic heterocycles. The van der Waals surface area contributed by atoms with E-state index < -0.39 is 0 Å². The van der Waals surface area contributed by atoms with Gasteiger partial charge in [0.1, 0.15) is 11.3 Å². The molecule has 8 heteroatoms. The van der Waals surface area contributed by atoms with E-state index in [4.69, 9.17) is 4.42 Å². The minimum absolute atomic E-state index is 0.0679. The molecule has 2 aromatic heterocycles. The van der Waals surface area contributed by atoms with Crippen LogP contribution in [0.5, 0.6) is 5.75 Å². The number of phenols is 1. The number of anilines is 1. The van der Waals surface area contributed by atoms with E-state index >= 15 is 0 Å². The fraction of sp³-hybridized carbons (Fsp3) is 0.435. The van der Waals surface area contributed by atoms with Gasteiger partial charge >= 0.3 is 0 Å². The van der Waals surface area contributed by atoms with Crippen LogP contribution in [0.25, 0.3) is 22.2 Å². The zero-order valence-electron chi connectivity index (χ0n) is 17.8. The van der Waals surface area contributed by atoms with E-state index in [-0.39, 0.29) is 17.4 Å². The van der Waals surface area contributed by atoms with Gasteiger partial charge in [-0.15, -0.1) is 10.2 Å². The number of aromatic nitrogens is 2. The molecule has 4 heterocycles. The van der Waals surface area contributed by atoms with E-state index in [2.05, 4.69) is 32.8 Å². The highest BCUT2D eigenvalue weighted by molar-refractivity contribution is 5.97. The molecule has 0 spiro atoms. The second kappa shape index (κ2) is 7.85. The number of hydrogen-bond donors (Lipinski definition) is 3. The van der Waals surface area contributed by atoms with E-state index in [0.717, 1.165) is 18.7 Å². The van der Waals surface area contributed by atoms with E-state index in [1.165, 1.54) is 19.3 Å². The number of carbonyl (C=O) groups excluding carboxylic acids is 1. The van der Waals surface area contributed by atoms with Crippen LogP contribution in [0.15, 0.2) is 34.7 Å². The highest BCUT2D eigenvalue weighted by Crippen LogP contribution is 2.35. The van der Waals surface area contributed by atoms with Crippen molar-refractivity contribution < 1.29 is 14.3 Å². The van der Waals surface area contributed by atoms with Gasteiger partial charge in [0.2, 0.25) is 0 Å². The maximum Gasteiger partial charge on any atom is 0.286 e. The summed E-state index contributed by atoms with van der Waals surface area (Å²) in [6, 6.07) is 10.3. The van der Waals surface area contributed by atoms with Gasteiger partial charge in [0.05, 0.1) is 5.69 Å². The molecule has 1 amide bonds. The second-order valence-corrected chi connectivity index (χ2v) is 8.60. The molecule has 2 atom stereocenters. The number of amides is 1. The predicted octanol–water partition coefficient (Wildman–Crippen LogP) is 3.06. The van der Waals surface area contributed by atoms with Gasteiger partial charge in [-0.2, -0.15) is 0 Å². The van der Waals surface area contributed by atoms with E-state index in [0.29, 0.717) is 40.4 Å². The van der Waals surface area contributed by atoms with Crippen LogP contribution in [0.2, 0.25) is 0 Å². The number of furan rings is 1. The van der Waals surface area contributed by atoms with Crippen molar-refractivity contribution in [3.63, 3.8) is 0 Å². The lowest BCUT2D eigenvalue weighted by Crippen LogP contribution is -2.54. The number of fused-ring (bicyclic) bond motifs is 3. The van der Waals surface area contributed by atoms with Crippen LogP contribution in [-0.4, -0.2) is 53.4 Å². The average Bonchev–Trinajstić information content (AvgIpc) is 3.20. The zero-order chi connectivity index (χ0) is 21.5. The summed E-state index contributed by atoms with van der Waals surface area (Å²) in [5.74, 6) is 0.780. The number of benzene rings is 1. The fourth-order valence-electron chi connectivity index (χ4n) is 4.91. The van der Waals surface area contributed by atoms with Gasteiger partial charge in [0.25, 0.3) is 5.91 Å². The summed E-state index contributed by atoms with van der Waals surface area (Å²) in [7, 11) is 3.63. The van der Waals surface area contributed by atoms with Gasteiger partial charge in [0.15, 0.2) is 11.6 Å². The van der Waals surface area contributed by atoms with Gasteiger partial charge in [0, 0.05) is 43.2 Å². The maximum atomic E-state index is 11.8. The number of hydrogen-bond acceptors (Lipinski definition) is 7. The Kier molecular flexibility index (Phi) is 5.02. The Bertz CT molecular complexity index is 1100. The lowest BCUT2D eigenvalue weighted by atomic mass is 9.83.